The van der Waals surface area contributed by atoms with E-state index in [1.165, 1.54) is 7.28 Å². The quantitative estimate of drug-likeness (QED) is 0.512. The van der Waals surface area contributed by atoms with E-state index in [4.69, 9.17) is 0 Å². The SMILES string of the molecule is BC1(C)BC(C)(C)c2ccccc21. The summed E-state index contributed by atoms with van der Waals surface area (Å²) < 4.78 is 0. The molecule has 1 aromatic carbocycles. The van der Waals surface area contributed by atoms with Crippen LogP contribution < -0.4 is 0 Å². The Balaban J connectivity index is 2.64. The molecule has 1 aliphatic rings. The molecular weight excluding hydrogens is 154 g/mol. The number of rotatable bonds is 0. The Hall–Kier alpha value is -0.650. The van der Waals surface area contributed by atoms with Crippen LogP contribution in [-0.2, 0) is 10.5 Å². The summed E-state index contributed by atoms with van der Waals surface area (Å²) in [7, 11) is 3.61. The summed E-state index contributed by atoms with van der Waals surface area (Å²) >= 11 is 0. The molecular formula is C11H16B2. The van der Waals surface area contributed by atoms with E-state index in [0.29, 0.717) is 10.5 Å². The van der Waals surface area contributed by atoms with E-state index < -0.39 is 0 Å². The fourth-order valence-corrected chi connectivity index (χ4v) is 2.96. The normalized spacial score (nSPS) is 29.5. The van der Waals surface area contributed by atoms with E-state index in [2.05, 4.69) is 52.9 Å². The maximum Gasteiger partial charge on any atom is 0.135 e. The second-order valence-electron chi connectivity index (χ2n) is 5.49. The van der Waals surface area contributed by atoms with Gasteiger partial charge in [-0.1, -0.05) is 55.8 Å². The van der Waals surface area contributed by atoms with E-state index in [9.17, 15) is 0 Å². The molecule has 0 radical (unpaired) electrons. The predicted octanol–water partition coefficient (Wildman–Crippen LogP) is 1.18. The van der Waals surface area contributed by atoms with Crippen molar-refractivity contribution in [1.29, 1.82) is 0 Å². The molecule has 0 N–H and O–H groups in total. The van der Waals surface area contributed by atoms with Crippen LogP contribution in [0, 0.1) is 0 Å². The summed E-state index contributed by atoms with van der Waals surface area (Å²) in [5, 5.41) is 0.722. The zero-order chi connectivity index (χ0) is 9.69. The molecule has 1 heterocycles. The first-order valence-corrected chi connectivity index (χ1v) is 5.03. The van der Waals surface area contributed by atoms with Crippen LogP contribution in [0.2, 0.25) is 0 Å². The molecule has 13 heavy (non-hydrogen) atoms. The van der Waals surface area contributed by atoms with E-state index in [1.807, 2.05) is 0 Å². The highest BCUT2D eigenvalue weighted by atomic mass is 14.3. The third-order valence-corrected chi connectivity index (χ3v) is 3.27. The van der Waals surface area contributed by atoms with Gasteiger partial charge in [0, 0.05) is 0 Å². The van der Waals surface area contributed by atoms with Crippen LogP contribution in [0.5, 0.6) is 0 Å². The van der Waals surface area contributed by atoms with Gasteiger partial charge in [0.1, 0.15) is 15.1 Å². The molecule has 0 saturated carbocycles. The first kappa shape index (κ1) is 8.93. The smallest absolute Gasteiger partial charge is 0.0696 e. The van der Waals surface area contributed by atoms with Crippen molar-refractivity contribution in [1.82, 2.24) is 0 Å². The van der Waals surface area contributed by atoms with E-state index in [1.54, 1.807) is 11.1 Å². The highest BCUT2D eigenvalue weighted by molar-refractivity contribution is 6.58. The monoisotopic (exact) mass is 170 g/mol. The molecule has 0 bridgehead atoms. The van der Waals surface area contributed by atoms with Gasteiger partial charge in [-0.3, -0.25) is 0 Å². The van der Waals surface area contributed by atoms with Gasteiger partial charge in [-0.05, 0) is 10.9 Å². The van der Waals surface area contributed by atoms with Crippen LogP contribution >= 0.6 is 0 Å². The second-order valence-corrected chi connectivity index (χ2v) is 5.49. The highest BCUT2D eigenvalue weighted by Gasteiger charge is 2.42. The van der Waals surface area contributed by atoms with Crippen LogP contribution in [0.25, 0.3) is 0 Å². The molecule has 0 saturated heterocycles. The summed E-state index contributed by atoms with van der Waals surface area (Å²) in [5.41, 5.74) is 3.08. The molecule has 1 atom stereocenters. The molecule has 1 aliphatic heterocycles. The lowest BCUT2D eigenvalue weighted by atomic mass is 9.37. The largest absolute Gasteiger partial charge is 0.135 e. The van der Waals surface area contributed by atoms with Gasteiger partial charge in [0.25, 0.3) is 0 Å². The van der Waals surface area contributed by atoms with Crippen molar-refractivity contribution in [2.45, 2.75) is 31.3 Å². The van der Waals surface area contributed by atoms with Gasteiger partial charge in [0.05, 0.1) is 0 Å². The van der Waals surface area contributed by atoms with Gasteiger partial charge in [0.2, 0.25) is 0 Å². The molecule has 66 valence electrons. The Morgan fingerprint density at radius 3 is 2.15 bits per heavy atom. The first-order chi connectivity index (χ1) is 5.93. The lowest BCUT2D eigenvalue weighted by molar-refractivity contribution is 0.763. The summed E-state index contributed by atoms with van der Waals surface area (Å²) in [4.78, 5) is 0. The summed E-state index contributed by atoms with van der Waals surface area (Å²) in [6.45, 7) is 7.04. The third kappa shape index (κ3) is 1.23. The minimum Gasteiger partial charge on any atom is -0.0696 e. The maximum absolute atomic E-state index is 2.35. The van der Waals surface area contributed by atoms with E-state index in [0.717, 1.165) is 0 Å². The summed E-state index contributed by atoms with van der Waals surface area (Å²) in [6.07, 6.45) is 0. The van der Waals surface area contributed by atoms with Crippen LogP contribution in [-0.4, -0.2) is 15.1 Å². The third-order valence-electron chi connectivity index (χ3n) is 3.27. The Morgan fingerprint density at radius 2 is 1.62 bits per heavy atom. The van der Waals surface area contributed by atoms with Gasteiger partial charge >= 0.3 is 0 Å². The standard InChI is InChI=1S/C11H16B2/c1-10(2)8-6-4-5-7-9(8)11(3,12)13-10/h4-7,13H,12H2,1-3H3. The highest BCUT2D eigenvalue weighted by Crippen LogP contribution is 2.41. The average Bonchev–Trinajstić information content (AvgIpc) is 2.20. The number of hydrogen-bond donors (Lipinski definition) is 0. The lowest BCUT2D eigenvalue weighted by Gasteiger charge is -2.20. The van der Waals surface area contributed by atoms with Gasteiger partial charge in [-0.2, -0.15) is 0 Å². The van der Waals surface area contributed by atoms with Gasteiger partial charge in [0.15, 0.2) is 0 Å². The van der Waals surface area contributed by atoms with Crippen molar-refractivity contribution in [3.63, 3.8) is 0 Å². The van der Waals surface area contributed by atoms with E-state index in [-0.39, 0.29) is 0 Å². The Kier molecular flexibility index (Phi) is 1.67. The van der Waals surface area contributed by atoms with Crippen LogP contribution in [0.4, 0.5) is 0 Å². The predicted molar refractivity (Wildman–Crippen MR) is 62.5 cm³/mol. The molecule has 0 aliphatic carbocycles. The Labute approximate surface area is 82.4 Å². The fourth-order valence-electron chi connectivity index (χ4n) is 2.96. The minimum atomic E-state index is 0.361. The topological polar surface area (TPSA) is 0 Å². The first-order valence-electron chi connectivity index (χ1n) is 5.03. The molecule has 0 spiro atoms. The van der Waals surface area contributed by atoms with Crippen LogP contribution in [0.15, 0.2) is 24.3 Å². The molecule has 0 nitrogen and oxygen atoms in total. The minimum absolute atomic E-state index is 0.361. The summed E-state index contributed by atoms with van der Waals surface area (Å²) in [5.74, 6) is 0. The second kappa shape index (κ2) is 2.43. The van der Waals surface area contributed by atoms with Gasteiger partial charge in [-0.25, -0.2) is 0 Å². The van der Waals surface area contributed by atoms with E-state index >= 15 is 0 Å². The van der Waals surface area contributed by atoms with Crippen LogP contribution in [0.3, 0.4) is 0 Å². The molecule has 0 amide bonds. The fraction of sp³-hybridized carbons (Fsp3) is 0.455. The Morgan fingerprint density at radius 1 is 1.08 bits per heavy atom. The molecule has 2 heteroatoms. The Bertz CT molecular complexity index is 307. The molecule has 2 rings (SSSR count). The molecule has 0 fully saturated rings. The summed E-state index contributed by atoms with van der Waals surface area (Å²) in [6, 6.07) is 8.87. The van der Waals surface area contributed by atoms with Crippen LogP contribution in [0.1, 0.15) is 31.9 Å². The molecule has 0 aromatic heterocycles. The molecule has 1 aromatic rings. The van der Waals surface area contributed by atoms with Crippen molar-refractivity contribution < 1.29 is 0 Å². The number of hydrogen-bond acceptors (Lipinski definition) is 0. The zero-order valence-electron chi connectivity index (χ0n) is 9.02. The lowest BCUT2D eigenvalue weighted by Crippen LogP contribution is -2.33. The van der Waals surface area contributed by atoms with Crippen molar-refractivity contribution in [3.05, 3.63) is 35.4 Å². The number of benzene rings is 1. The van der Waals surface area contributed by atoms with Crippen molar-refractivity contribution >= 4 is 15.1 Å². The maximum atomic E-state index is 2.35. The number of fused-ring (bicyclic) bond motifs is 1. The zero-order valence-corrected chi connectivity index (χ0v) is 9.02. The van der Waals surface area contributed by atoms with Crippen molar-refractivity contribution in [2.75, 3.05) is 0 Å². The van der Waals surface area contributed by atoms with Gasteiger partial charge < -0.3 is 0 Å². The van der Waals surface area contributed by atoms with Crippen molar-refractivity contribution in [2.24, 2.45) is 0 Å². The average molecular weight is 170 g/mol. The van der Waals surface area contributed by atoms with Gasteiger partial charge in [-0.15, -0.1) is 0 Å². The van der Waals surface area contributed by atoms with Crippen molar-refractivity contribution in [3.8, 4) is 0 Å². The molecule has 1 unspecified atom stereocenters.